The average molecular weight is 400 g/mol. The molecule has 1 heterocycles. The van der Waals surface area contributed by atoms with E-state index in [9.17, 15) is 14.9 Å². The van der Waals surface area contributed by atoms with Gasteiger partial charge in [-0.25, -0.2) is 9.78 Å². The summed E-state index contributed by atoms with van der Waals surface area (Å²) in [5.41, 5.74) is 1.27. The van der Waals surface area contributed by atoms with Crippen LogP contribution >= 0.6 is 11.3 Å². The molecule has 0 aliphatic heterocycles. The van der Waals surface area contributed by atoms with Crippen molar-refractivity contribution >= 4 is 23.0 Å². The first-order chi connectivity index (χ1) is 13.5. The van der Waals surface area contributed by atoms with E-state index in [1.54, 1.807) is 12.5 Å². The van der Waals surface area contributed by atoms with E-state index in [4.69, 9.17) is 14.2 Å². The summed E-state index contributed by atoms with van der Waals surface area (Å²) >= 11 is 1.42. The summed E-state index contributed by atoms with van der Waals surface area (Å²) in [4.78, 5) is 27.2. The number of hydrogen-bond acceptors (Lipinski definition) is 8. The number of nitro benzene ring substituents is 1. The molecule has 28 heavy (non-hydrogen) atoms. The van der Waals surface area contributed by atoms with Gasteiger partial charge in [-0.15, -0.1) is 11.3 Å². The molecule has 0 radical (unpaired) electrons. The number of benzene rings is 2. The summed E-state index contributed by atoms with van der Waals surface area (Å²) in [6, 6.07) is 11.2. The van der Waals surface area contributed by atoms with Gasteiger partial charge in [0.2, 0.25) is 0 Å². The lowest BCUT2D eigenvalue weighted by molar-refractivity contribution is -0.384. The Kier molecular flexibility index (Phi) is 5.85. The highest BCUT2D eigenvalue weighted by atomic mass is 32.1. The molecule has 0 saturated carbocycles. The van der Waals surface area contributed by atoms with E-state index in [1.807, 2.05) is 24.3 Å². The van der Waals surface area contributed by atoms with Crippen LogP contribution in [0.5, 0.6) is 11.5 Å². The van der Waals surface area contributed by atoms with Gasteiger partial charge in [0.25, 0.3) is 5.69 Å². The molecule has 0 aliphatic rings. The Bertz CT molecular complexity index is 1000. The van der Waals surface area contributed by atoms with E-state index in [2.05, 4.69) is 4.98 Å². The van der Waals surface area contributed by atoms with Crippen molar-refractivity contribution in [2.45, 2.75) is 6.61 Å². The standard InChI is InChI=1S/C19H16N2O6S/c1-25-15-6-3-12(4-7-15)18-20-13(11-28-18)10-27-19(22)16-9-14(21(23)24)5-8-17(16)26-2/h3-9,11H,10H2,1-2H3. The number of carbonyl (C=O) groups is 1. The lowest BCUT2D eigenvalue weighted by Crippen LogP contribution is -2.08. The Labute approximate surface area is 164 Å². The van der Waals surface area contributed by atoms with Gasteiger partial charge >= 0.3 is 5.97 Å². The van der Waals surface area contributed by atoms with Crippen LogP contribution in [0.25, 0.3) is 10.6 Å². The summed E-state index contributed by atoms with van der Waals surface area (Å²) in [6.07, 6.45) is 0. The smallest absolute Gasteiger partial charge is 0.342 e. The molecule has 8 nitrogen and oxygen atoms in total. The molecule has 0 fully saturated rings. The minimum atomic E-state index is -0.723. The first-order valence-corrected chi connectivity index (χ1v) is 8.98. The van der Waals surface area contributed by atoms with Gasteiger partial charge in [-0.3, -0.25) is 10.1 Å². The highest BCUT2D eigenvalue weighted by Gasteiger charge is 2.19. The molecule has 0 bridgehead atoms. The Morgan fingerprint density at radius 3 is 2.54 bits per heavy atom. The average Bonchev–Trinajstić information content (AvgIpc) is 3.20. The number of carbonyl (C=O) groups excluding carboxylic acids is 1. The van der Waals surface area contributed by atoms with Crippen LogP contribution in [-0.4, -0.2) is 30.1 Å². The number of methoxy groups -OCH3 is 2. The fourth-order valence-electron chi connectivity index (χ4n) is 2.43. The van der Waals surface area contributed by atoms with Crippen LogP contribution in [0.3, 0.4) is 0 Å². The minimum absolute atomic E-state index is 0.0118. The zero-order valence-corrected chi connectivity index (χ0v) is 15.9. The Balaban J connectivity index is 1.70. The molecule has 3 aromatic rings. The molecule has 1 aromatic heterocycles. The molecule has 0 spiro atoms. The van der Waals surface area contributed by atoms with Crippen LogP contribution in [0, 0.1) is 10.1 Å². The summed E-state index contributed by atoms with van der Waals surface area (Å²) < 4.78 is 15.5. The van der Waals surface area contributed by atoms with Gasteiger partial charge in [0.15, 0.2) is 0 Å². The van der Waals surface area contributed by atoms with Crippen LogP contribution in [-0.2, 0) is 11.3 Å². The van der Waals surface area contributed by atoms with E-state index in [1.165, 1.54) is 30.6 Å². The molecule has 0 aliphatic carbocycles. The summed E-state index contributed by atoms with van der Waals surface area (Å²) in [6.45, 7) is -0.0582. The highest BCUT2D eigenvalue weighted by molar-refractivity contribution is 7.13. The van der Waals surface area contributed by atoms with Gasteiger partial charge in [0.1, 0.15) is 28.7 Å². The third-order valence-corrected chi connectivity index (χ3v) is 4.79. The molecular formula is C19H16N2O6S. The van der Waals surface area contributed by atoms with E-state index in [0.717, 1.165) is 22.4 Å². The van der Waals surface area contributed by atoms with Crippen LogP contribution < -0.4 is 9.47 Å². The zero-order chi connectivity index (χ0) is 20.1. The Morgan fingerprint density at radius 1 is 1.14 bits per heavy atom. The lowest BCUT2D eigenvalue weighted by atomic mass is 10.2. The Hall–Kier alpha value is -3.46. The first-order valence-electron chi connectivity index (χ1n) is 8.10. The van der Waals surface area contributed by atoms with Crippen molar-refractivity contribution in [1.29, 1.82) is 0 Å². The lowest BCUT2D eigenvalue weighted by Gasteiger charge is -2.08. The summed E-state index contributed by atoms with van der Waals surface area (Å²) in [7, 11) is 2.97. The quantitative estimate of drug-likeness (QED) is 0.334. The zero-order valence-electron chi connectivity index (χ0n) is 15.1. The van der Waals surface area contributed by atoms with Gasteiger partial charge in [-0.2, -0.15) is 0 Å². The van der Waals surface area contributed by atoms with Crippen LogP contribution in [0.15, 0.2) is 47.8 Å². The number of hydrogen-bond donors (Lipinski definition) is 0. The molecule has 0 amide bonds. The number of thiazole rings is 1. The van der Waals surface area contributed by atoms with Gasteiger partial charge in [-0.1, -0.05) is 0 Å². The van der Waals surface area contributed by atoms with Gasteiger partial charge < -0.3 is 14.2 Å². The third kappa shape index (κ3) is 4.26. The second-order valence-corrected chi connectivity index (χ2v) is 6.45. The molecule has 0 N–H and O–H groups in total. The van der Waals surface area contributed by atoms with Crippen molar-refractivity contribution in [3.05, 3.63) is 69.2 Å². The molecule has 0 atom stereocenters. The maximum absolute atomic E-state index is 12.4. The van der Waals surface area contributed by atoms with Crippen molar-refractivity contribution in [2.24, 2.45) is 0 Å². The SMILES string of the molecule is COc1ccc(-c2nc(COC(=O)c3cc([N+](=O)[O-])ccc3OC)cs2)cc1. The summed E-state index contributed by atoms with van der Waals surface area (Å²) in [5.74, 6) is 0.229. The van der Waals surface area contributed by atoms with Crippen molar-refractivity contribution in [2.75, 3.05) is 14.2 Å². The maximum atomic E-state index is 12.4. The molecule has 0 saturated heterocycles. The van der Waals surface area contributed by atoms with Gasteiger partial charge in [0, 0.05) is 23.1 Å². The normalized spacial score (nSPS) is 10.4. The predicted molar refractivity (Wildman–Crippen MR) is 103 cm³/mol. The van der Waals surface area contributed by atoms with E-state index in [-0.39, 0.29) is 23.6 Å². The molecule has 2 aromatic carbocycles. The van der Waals surface area contributed by atoms with Crippen LogP contribution in [0.1, 0.15) is 16.1 Å². The second-order valence-electron chi connectivity index (χ2n) is 5.59. The van der Waals surface area contributed by atoms with Crippen LogP contribution in [0.2, 0.25) is 0 Å². The molecule has 144 valence electrons. The number of nitrogens with zero attached hydrogens (tertiary/aromatic N) is 2. The summed E-state index contributed by atoms with van der Waals surface area (Å²) in [5, 5.41) is 13.5. The third-order valence-electron chi connectivity index (χ3n) is 3.85. The number of non-ortho nitro benzene ring substituents is 1. The maximum Gasteiger partial charge on any atom is 0.342 e. The molecule has 3 rings (SSSR count). The fraction of sp³-hybridized carbons (Fsp3) is 0.158. The van der Waals surface area contributed by atoms with Gasteiger partial charge in [-0.05, 0) is 30.3 Å². The molecule has 9 heteroatoms. The topological polar surface area (TPSA) is 101 Å². The van der Waals surface area contributed by atoms with Crippen LogP contribution in [0.4, 0.5) is 5.69 Å². The number of ether oxygens (including phenoxy) is 3. The van der Waals surface area contributed by atoms with Gasteiger partial charge in [0.05, 0.1) is 24.8 Å². The number of nitro groups is 1. The van der Waals surface area contributed by atoms with Crippen molar-refractivity contribution in [1.82, 2.24) is 4.98 Å². The number of aromatic nitrogens is 1. The Morgan fingerprint density at radius 2 is 1.89 bits per heavy atom. The highest BCUT2D eigenvalue weighted by Crippen LogP contribution is 2.27. The van der Waals surface area contributed by atoms with E-state index >= 15 is 0 Å². The monoisotopic (exact) mass is 400 g/mol. The molecular weight excluding hydrogens is 384 g/mol. The number of rotatable bonds is 7. The van der Waals surface area contributed by atoms with E-state index < -0.39 is 10.9 Å². The molecule has 0 unspecified atom stereocenters. The van der Waals surface area contributed by atoms with E-state index in [0.29, 0.717) is 5.69 Å². The largest absolute Gasteiger partial charge is 0.497 e. The first kappa shape index (κ1) is 19.3. The predicted octanol–water partition coefficient (Wildman–Crippen LogP) is 4.09. The van der Waals surface area contributed by atoms with Crippen molar-refractivity contribution < 1.29 is 23.9 Å². The second kappa shape index (κ2) is 8.49. The minimum Gasteiger partial charge on any atom is -0.497 e. The fourth-order valence-corrected chi connectivity index (χ4v) is 3.24. The number of esters is 1. The van der Waals surface area contributed by atoms with Crippen molar-refractivity contribution in [3.8, 4) is 22.1 Å². The van der Waals surface area contributed by atoms with Crippen molar-refractivity contribution in [3.63, 3.8) is 0 Å².